The highest BCUT2D eigenvalue weighted by molar-refractivity contribution is 7.92. The molecule has 1 aliphatic rings. The fraction of sp³-hybridized carbons (Fsp3) is 0.500. The number of carbonyl (C=O) groups is 1. The average molecular weight is 313 g/mol. The zero-order valence-corrected chi connectivity index (χ0v) is 12.9. The molecule has 0 amide bonds. The zero-order chi connectivity index (χ0) is 15.5. The molecule has 0 aliphatic carbocycles. The number of ether oxygens (including phenoxy) is 2. The number of rotatable bonds is 5. The Morgan fingerprint density at radius 1 is 1.38 bits per heavy atom. The van der Waals surface area contributed by atoms with Crippen molar-refractivity contribution in [1.82, 2.24) is 0 Å². The first kappa shape index (κ1) is 15.6. The van der Waals surface area contributed by atoms with E-state index in [9.17, 15) is 13.2 Å². The molecule has 1 atom stereocenters. The second kappa shape index (κ2) is 6.34. The van der Waals surface area contributed by atoms with E-state index in [2.05, 4.69) is 0 Å². The number of benzene rings is 1. The van der Waals surface area contributed by atoms with Crippen LogP contribution in [0, 0.1) is 0 Å². The van der Waals surface area contributed by atoms with E-state index in [1.54, 1.807) is 38.1 Å². The van der Waals surface area contributed by atoms with Gasteiger partial charge in [0.2, 0.25) is 10.0 Å². The van der Waals surface area contributed by atoms with Crippen molar-refractivity contribution >= 4 is 21.7 Å². The molecule has 0 spiro atoms. The highest BCUT2D eigenvalue weighted by atomic mass is 32.2. The number of anilines is 1. The molecule has 1 aliphatic heterocycles. The van der Waals surface area contributed by atoms with Crippen LogP contribution in [0.2, 0.25) is 0 Å². The number of para-hydroxylation sites is 2. The number of sulfonamides is 1. The van der Waals surface area contributed by atoms with E-state index in [0.29, 0.717) is 18.0 Å². The van der Waals surface area contributed by atoms with Crippen LogP contribution in [0.25, 0.3) is 0 Å². The maximum absolute atomic E-state index is 12.2. The summed E-state index contributed by atoms with van der Waals surface area (Å²) in [4.78, 5) is 11.6. The topological polar surface area (TPSA) is 72.9 Å². The molecule has 0 aromatic heterocycles. The SMILES string of the molecule is CCOC(=O)C[C@@H]1CN(S(=O)(=O)CC)c2ccccc2O1. The molecule has 0 N–H and O–H groups in total. The molecule has 0 bridgehead atoms. The lowest BCUT2D eigenvalue weighted by Gasteiger charge is -2.34. The van der Waals surface area contributed by atoms with Crippen LogP contribution in [0.3, 0.4) is 0 Å². The van der Waals surface area contributed by atoms with Crippen molar-refractivity contribution in [3.05, 3.63) is 24.3 Å². The van der Waals surface area contributed by atoms with Gasteiger partial charge in [-0.25, -0.2) is 8.42 Å². The van der Waals surface area contributed by atoms with Gasteiger partial charge in [0.05, 0.1) is 31.0 Å². The molecule has 116 valence electrons. The van der Waals surface area contributed by atoms with Crippen LogP contribution in [0.5, 0.6) is 5.75 Å². The number of esters is 1. The van der Waals surface area contributed by atoms with Crippen molar-refractivity contribution in [2.24, 2.45) is 0 Å². The number of carbonyl (C=O) groups excluding carboxylic acids is 1. The van der Waals surface area contributed by atoms with Gasteiger partial charge in [0.25, 0.3) is 0 Å². The monoisotopic (exact) mass is 313 g/mol. The predicted octanol–water partition coefficient (Wildman–Crippen LogP) is 1.56. The van der Waals surface area contributed by atoms with Crippen molar-refractivity contribution in [1.29, 1.82) is 0 Å². The summed E-state index contributed by atoms with van der Waals surface area (Å²) >= 11 is 0. The largest absolute Gasteiger partial charge is 0.486 e. The van der Waals surface area contributed by atoms with Crippen LogP contribution in [-0.4, -0.2) is 39.4 Å². The molecule has 0 saturated heterocycles. The van der Waals surface area contributed by atoms with Crippen molar-refractivity contribution in [3.63, 3.8) is 0 Å². The van der Waals surface area contributed by atoms with Crippen LogP contribution < -0.4 is 9.04 Å². The molecule has 6 nitrogen and oxygen atoms in total. The molecule has 0 unspecified atom stereocenters. The van der Waals surface area contributed by atoms with E-state index in [1.165, 1.54) is 4.31 Å². The summed E-state index contributed by atoms with van der Waals surface area (Å²) in [7, 11) is -3.41. The molecule has 7 heteroatoms. The lowest BCUT2D eigenvalue weighted by Crippen LogP contribution is -2.45. The minimum Gasteiger partial charge on any atom is -0.486 e. The Morgan fingerprint density at radius 2 is 2.10 bits per heavy atom. The van der Waals surface area contributed by atoms with Crippen LogP contribution in [0.15, 0.2) is 24.3 Å². The number of fused-ring (bicyclic) bond motifs is 1. The second-order valence-electron chi connectivity index (χ2n) is 4.65. The Hall–Kier alpha value is -1.76. The summed E-state index contributed by atoms with van der Waals surface area (Å²) < 4.78 is 36.4. The second-order valence-corrected chi connectivity index (χ2v) is 6.83. The van der Waals surface area contributed by atoms with E-state index >= 15 is 0 Å². The van der Waals surface area contributed by atoms with Gasteiger partial charge >= 0.3 is 5.97 Å². The molecule has 0 radical (unpaired) electrons. The van der Waals surface area contributed by atoms with Gasteiger partial charge in [0, 0.05) is 0 Å². The van der Waals surface area contributed by atoms with Gasteiger partial charge in [-0.3, -0.25) is 9.10 Å². The molecular weight excluding hydrogens is 294 g/mol. The fourth-order valence-corrected chi connectivity index (χ4v) is 3.35. The van der Waals surface area contributed by atoms with Gasteiger partial charge in [-0.2, -0.15) is 0 Å². The summed E-state index contributed by atoms with van der Waals surface area (Å²) in [6, 6.07) is 6.92. The van der Waals surface area contributed by atoms with Gasteiger partial charge in [-0.05, 0) is 26.0 Å². The predicted molar refractivity (Wildman–Crippen MR) is 78.9 cm³/mol. The number of hydrogen-bond acceptors (Lipinski definition) is 5. The normalized spacial score (nSPS) is 17.8. The molecular formula is C14H19NO5S. The van der Waals surface area contributed by atoms with Gasteiger partial charge < -0.3 is 9.47 Å². The summed E-state index contributed by atoms with van der Waals surface area (Å²) in [5.41, 5.74) is 0.513. The average Bonchev–Trinajstić information content (AvgIpc) is 2.46. The van der Waals surface area contributed by atoms with Crippen LogP contribution in [-0.2, 0) is 19.6 Å². The summed E-state index contributed by atoms with van der Waals surface area (Å²) in [6.07, 6.45) is -0.516. The molecule has 0 saturated carbocycles. The molecule has 1 heterocycles. The summed E-state index contributed by atoms with van der Waals surface area (Å²) in [5, 5.41) is 0. The maximum Gasteiger partial charge on any atom is 0.309 e. The highest BCUT2D eigenvalue weighted by Crippen LogP contribution is 2.35. The zero-order valence-electron chi connectivity index (χ0n) is 12.1. The Kier molecular flexibility index (Phi) is 4.72. The maximum atomic E-state index is 12.2. The van der Waals surface area contributed by atoms with Crippen molar-refractivity contribution < 1.29 is 22.7 Å². The summed E-state index contributed by atoms with van der Waals surface area (Å²) in [5.74, 6) is 0.0683. The first-order valence-corrected chi connectivity index (χ1v) is 8.50. The van der Waals surface area contributed by atoms with Crippen molar-refractivity contribution in [3.8, 4) is 5.75 Å². The van der Waals surface area contributed by atoms with E-state index in [4.69, 9.17) is 9.47 Å². The standard InChI is InChI=1S/C14H19NO5S/c1-3-19-14(16)9-11-10-15(21(17,18)4-2)12-7-5-6-8-13(12)20-11/h5-8,11H,3-4,9-10H2,1-2H3/t11-/m1/s1. The molecule has 0 fully saturated rings. The minimum absolute atomic E-state index is 0.00649. The Labute approximate surface area is 124 Å². The van der Waals surface area contributed by atoms with E-state index in [0.717, 1.165) is 0 Å². The Morgan fingerprint density at radius 3 is 2.76 bits per heavy atom. The highest BCUT2D eigenvalue weighted by Gasteiger charge is 2.33. The Balaban J connectivity index is 2.27. The minimum atomic E-state index is -3.41. The smallest absolute Gasteiger partial charge is 0.309 e. The third-order valence-electron chi connectivity index (χ3n) is 3.20. The van der Waals surface area contributed by atoms with Crippen molar-refractivity contribution in [2.75, 3.05) is 23.2 Å². The first-order chi connectivity index (χ1) is 9.97. The van der Waals surface area contributed by atoms with Crippen LogP contribution in [0.4, 0.5) is 5.69 Å². The van der Waals surface area contributed by atoms with Gasteiger partial charge in [0.15, 0.2) is 0 Å². The first-order valence-electron chi connectivity index (χ1n) is 6.89. The molecule has 21 heavy (non-hydrogen) atoms. The van der Waals surface area contributed by atoms with Crippen LogP contribution >= 0.6 is 0 Å². The molecule has 1 aromatic carbocycles. The van der Waals surface area contributed by atoms with Crippen molar-refractivity contribution in [2.45, 2.75) is 26.4 Å². The van der Waals surface area contributed by atoms with E-state index < -0.39 is 22.1 Å². The van der Waals surface area contributed by atoms with Gasteiger partial charge in [-0.1, -0.05) is 12.1 Å². The molecule has 1 aromatic rings. The number of nitrogens with zero attached hydrogens (tertiary/aromatic N) is 1. The number of hydrogen-bond donors (Lipinski definition) is 0. The van der Waals surface area contributed by atoms with Gasteiger partial charge in [0.1, 0.15) is 11.9 Å². The third-order valence-corrected chi connectivity index (χ3v) is 4.94. The fourth-order valence-electron chi connectivity index (χ4n) is 2.19. The van der Waals surface area contributed by atoms with Gasteiger partial charge in [-0.15, -0.1) is 0 Å². The summed E-state index contributed by atoms with van der Waals surface area (Å²) in [6.45, 7) is 3.72. The van der Waals surface area contributed by atoms with E-state index in [-0.39, 0.29) is 18.7 Å². The quantitative estimate of drug-likeness (QED) is 0.771. The van der Waals surface area contributed by atoms with Crippen LogP contribution in [0.1, 0.15) is 20.3 Å². The molecule has 2 rings (SSSR count). The lowest BCUT2D eigenvalue weighted by atomic mass is 10.2. The third kappa shape index (κ3) is 3.47. The van der Waals surface area contributed by atoms with E-state index in [1.807, 2.05) is 0 Å². The lowest BCUT2D eigenvalue weighted by molar-refractivity contribution is -0.144. The Bertz CT molecular complexity index is 614.